The highest BCUT2D eigenvalue weighted by Crippen LogP contribution is 2.30. The molecule has 1 aliphatic rings. The van der Waals surface area contributed by atoms with Crippen LogP contribution >= 0.6 is 0 Å². The summed E-state index contributed by atoms with van der Waals surface area (Å²) in [6, 6.07) is 0.849. The van der Waals surface area contributed by atoms with Gasteiger partial charge in [-0.25, -0.2) is 0 Å². The van der Waals surface area contributed by atoms with Crippen molar-refractivity contribution in [1.29, 1.82) is 0 Å². The van der Waals surface area contributed by atoms with Crippen molar-refractivity contribution in [3.63, 3.8) is 0 Å². The summed E-state index contributed by atoms with van der Waals surface area (Å²) in [6.07, 6.45) is 6.43. The zero-order valence-electron chi connectivity index (χ0n) is 10.5. The average molecular weight is 213 g/mol. The van der Waals surface area contributed by atoms with Gasteiger partial charge in [0.05, 0.1) is 6.61 Å². The number of aliphatic hydroxyl groups excluding tert-OH is 1. The highest BCUT2D eigenvalue weighted by Gasteiger charge is 2.26. The predicted molar refractivity (Wildman–Crippen MR) is 64.9 cm³/mol. The summed E-state index contributed by atoms with van der Waals surface area (Å²) < 4.78 is 0. The van der Waals surface area contributed by atoms with Crippen LogP contribution in [0.1, 0.15) is 52.9 Å². The van der Waals surface area contributed by atoms with Gasteiger partial charge in [-0.2, -0.15) is 0 Å². The van der Waals surface area contributed by atoms with Crippen molar-refractivity contribution in [1.82, 2.24) is 5.32 Å². The lowest BCUT2D eigenvalue weighted by Gasteiger charge is -2.34. The van der Waals surface area contributed by atoms with Crippen molar-refractivity contribution < 1.29 is 5.11 Å². The third-order valence-electron chi connectivity index (χ3n) is 3.85. The minimum Gasteiger partial charge on any atom is -0.395 e. The highest BCUT2D eigenvalue weighted by atomic mass is 16.3. The van der Waals surface area contributed by atoms with E-state index in [0.717, 1.165) is 12.3 Å². The number of hydrogen-bond acceptors (Lipinski definition) is 2. The van der Waals surface area contributed by atoms with Crippen molar-refractivity contribution in [2.24, 2.45) is 11.8 Å². The zero-order valence-corrected chi connectivity index (χ0v) is 10.5. The lowest BCUT2D eigenvalue weighted by molar-refractivity contribution is 0.145. The van der Waals surface area contributed by atoms with Gasteiger partial charge in [0.15, 0.2) is 0 Å². The topological polar surface area (TPSA) is 32.3 Å². The second-order valence-electron chi connectivity index (χ2n) is 5.30. The van der Waals surface area contributed by atoms with Crippen LogP contribution in [0.5, 0.6) is 0 Å². The molecule has 2 nitrogen and oxygen atoms in total. The molecule has 0 heterocycles. The molecular formula is C13H27NO. The van der Waals surface area contributed by atoms with Gasteiger partial charge >= 0.3 is 0 Å². The Balaban J connectivity index is 2.42. The van der Waals surface area contributed by atoms with Crippen molar-refractivity contribution in [3.05, 3.63) is 0 Å². The van der Waals surface area contributed by atoms with E-state index in [2.05, 4.69) is 26.1 Å². The Morgan fingerprint density at radius 3 is 2.67 bits per heavy atom. The molecule has 1 fully saturated rings. The summed E-state index contributed by atoms with van der Waals surface area (Å²) in [5.74, 6) is 1.53. The van der Waals surface area contributed by atoms with Gasteiger partial charge in [0, 0.05) is 12.1 Å². The zero-order chi connectivity index (χ0) is 11.3. The summed E-state index contributed by atoms with van der Waals surface area (Å²) in [7, 11) is 0. The van der Waals surface area contributed by atoms with Gasteiger partial charge in [0.25, 0.3) is 0 Å². The Hall–Kier alpha value is -0.0800. The highest BCUT2D eigenvalue weighted by molar-refractivity contribution is 4.82. The first-order valence-corrected chi connectivity index (χ1v) is 6.54. The van der Waals surface area contributed by atoms with Crippen LogP contribution in [-0.4, -0.2) is 23.8 Å². The van der Waals surface area contributed by atoms with Gasteiger partial charge < -0.3 is 10.4 Å². The molecule has 0 aromatic rings. The Kier molecular flexibility index (Phi) is 5.62. The van der Waals surface area contributed by atoms with Crippen molar-refractivity contribution in [2.75, 3.05) is 6.61 Å². The lowest BCUT2D eigenvalue weighted by Crippen LogP contribution is -2.45. The molecule has 1 rings (SSSR count). The van der Waals surface area contributed by atoms with Crippen LogP contribution < -0.4 is 5.32 Å². The lowest BCUT2D eigenvalue weighted by atomic mass is 9.78. The normalized spacial score (nSPS) is 31.2. The molecule has 2 heteroatoms. The van der Waals surface area contributed by atoms with E-state index in [0.29, 0.717) is 24.6 Å². The fraction of sp³-hybridized carbons (Fsp3) is 1.00. The molecule has 15 heavy (non-hydrogen) atoms. The molecule has 0 aliphatic heterocycles. The van der Waals surface area contributed by atoms with Gasteiger partial charge in [-0.05, 0) is 38.0 Å². The maximum absolute atomic E-state index is 9.45. The molecule has 4 atom stereocenters. The van der Waals surface area contributed by atoms with Crippen LogP contribution in [-0.2, 0) is 0 Å². The second kappa shape index (κ2) is 6.49. The third-order valence-corrected chi connectivity index (χ3v) is 3.85. The molecule has 1 saturated carbocycles. The summed E-state index contributed by atoms with van der Waals surface area (Å²) >= 11 is 0. The van der Waals surface area contributed by atoms with Crippen LogP contribution in [0.4, 0.5) is 0 Å². The van der Waals surface area contributed by atoms with E-state index in [-0.39, 0.29) is 0 Å². The molecule has 4 unspecified atom stereocenters. The Morgan fingerprint density at radius 2 is 2.13 bits per heavy atom. The van der Waals surface area contributed by atoms with Gasteiger partial charge in [0.1, 0.15) is 0 Å². The molecule has 0 aromatic heterocycles. The Labute approximate surface area is 94.5 Å². The van der Waals surface area contributed by atoms with Gasteiger partial charge in [-0.15, -0.1) is 0 Å². The van der Waals surface area contributed by atoms with Crippen LogP contribution in [0.15, 0.2) is 0 Å². The first-order valence-electron chi connectivity index (χ1n) is 6.54. The first kappa shape index (κ1) is 13.0. The maximum Gasteiger partial charge on any atom is 0.0587 e. The largest absolute Gasteiger partial charge is 0.395 e. The molecule has 2 N–H and O–H groups in total. The summed E-state index contributed by atoms with van der Waals surface area (Å²) in [6.45, 7) is 7.02. The van der Waals surface area contributed by atoms with E-state index < -0.39 is 0 Å². The molecule has 0 spiro atoms. The van der Waals surface area contributed by atoms with Crippen LogP contribution in [0, 0.1) is 11.8 Å². The van der Waals surface area contributed by atoms with E-state index >= 15 is 0 Å². The summed E-state index contributed by atoms with van der Waals surface area (Å²) in [4.78, 5) is 0. The molecule has 1 aliphatic carbocycles. The molecule has 0 amide bonds. The Bertz CT molecular complexity index is 172. The minimum absolute atomic E-state index is 0.293. The van der Waals surface area contributed by atoms with Crippen LogP contribution in [0.2, 0.25) is 0 Å². The minimum atomic E-state index is 0.293. The van der Waals surface area contributed by atoms with Crippen molar-refractivity contribution in [3.8, 4) is 0 Å². The number of nitrogens with one attached hydrogen (secondary N) is 1. The van der Waals surface area contributed by atoms with Gasteiger partial charge in [-0.3, -0.25) is 0 Å². The van der Waals surface area contributed by atoms with Crippen molar-refractivity contribution in [2.45, 2.75) is 65.0 Å². The second-order valence-corrected chi connectivity index (χ2v) is 5.30. The summed E-state index contributed by atoms with van der Waals surface area (Å²) in [5, 5.41) is 13.0. The number of rotatable bonds is 5. The van der Waals surface area contributed by atoms with E-state index in [4.69, 9.17) is 0 Å². The fourth-order valence-corrected chi connectivity index (χ4v) is 2.67. The van der Waals surface area contributed by atoms with Gasteiger partial charge in [-0.1, -0.05) is 26.7 Å². The third kappa shape index (κ3) is 4.12. The number of hydrogen-bond donors (Lipinski definition) is 2. The predicted octanol–water partition coefficient (Wildman–Crippen LogP) is 2.56. The Morgan fingerprint density at radius 1 is 1.40 bits per heavy atom. The first-order chi connectivity index (χ1) is 7.17. The molecule has 90 valence electrons. The quantitative estimate of drug-likeness (QED) is 0.735. The van der Waals surface area contributed by atoms with Crippen LogP contribution in [0.3, 0.4) is 0 Å². The number of aliphatic hydroxyl groups is 1. The SMILES string of the molecule is CCC(C)NC(CO)C1CCCC(C)C1. The van der Waals surface area contributed by atoms with Crippen molar-refractivity contribution >= 4 is 0 Å². The fourth-order valence-electron chi connectivity index (χ4n) is 2.67. The maximum atomic E-state index is 9.45. The molecule has 0 bridgehead atoms. The standard InChI is InChI=1S/C13H27NO/c1-4-11(3)14-13(9-15)12-7-5-6-10(2)8-12/h10-15H,4-9H2,1-3H3. The molecule has 0 aromatic carbocycles. The van der Waals surface area contributed by atoms with E-state index in [1.807, 2.05) is 0 Å². The van der Waals surface area contributed by atoms with E-state index in [1.165, 1.54) is 25.7 Å². The summed E-state index contributed by atoms with van der Waals surface area (Å²) in [5.41, 5.74) is 0. The van der Waals surface area contributed by atoms with E-state index in [1.54, 1.807) is 0 Å². The van der Waals surface area contributed by atoms with Crippen LogP contribution in [0.25, 0.3) is 0 Å². The van der Waals surface area contributed by atoms with Gasteiger partial charge in [0.2, 0.25) is 0 Å². The molecule has 0 saturated heterocycles. The molecular weight excluding hydrogens is 186 g/mol. The smallest absolute Gasteiger partial charge is 0.0587 e. The monoisotopic (exact) mass is 213 g/mol. The average Bonchev–Trinajstić information content (AvgIpc) is 2.25. The van der Waals surface area contributed by atoms with E-state index in [9.17, 15) is 5.11 Å². The molecule has 0 radical (unpaired) electrons.